The van der Waals surface area contributed by atoms with E-state index in [2.05, 4.69) is 55.7 Å². The van der Waals surface area contributed by atoms with Crippen LogP contribution in [0.15, 0.2) is 24.3 Å². The van der Waals surface area contributed by atoms with Gasteiger partial charge in [-0.1, -0.05) is 32.4 Å². The Bertz CT molecular complexity index is 337. The highest BCUT2D eigenvalue weighted by molar-refractivity contribution is 5.27. The molecular formula is C17H30N2O. The van der Waals surface area contributed by atoms with Crippen LogP contribution in [0, 0.1) is 0 Å². The van der Waals surface area contributed by atoms with E-state index in [1.807, 2.05) is 0 Å². The number of unbranched alkanes of at least 4 members (excludes halogenated alkanes) is 1. The molecule has 3 heteroatoms. The summed E-state index contributed by atoms with van der Waals surface area (Å²) in [5.74, 6) is 0.972. The molecule has 1 atom stereocenters. The maximum Gasteiger partial charge on any atom is 0.119 e. The van der Waals surface area contributed by atoms with Crippen molar-refractivity contribution in [1.82, 2.24) is 10.6 Å². The van der Waals surface area contributed by atoms with Gasteiger partial charge in [0.05, 0.1) is 6.61 Å². The van der Waals surface area contributed by atoms with E-state index in [9.17, 15) is 0 Å². The largest absolute Gasteiger partial charge is 0.494 e. The van der Waals surface area contributed by atoms with Crippen molar-refractivity contribution in [3.05, 3.63) is 29.8 Å². The van der Waals surface area contributed by atoms with Crippen molar-refractivity contribution in [2.45, 2.75) is 52.6 Å². The minimum absolute atomic E-state index is 0.488. The lowest BCUT2D eigenvalue weighted by atomic mass is 10.2. The number of benzene rings is 1. The first kappa shape index (κ1) is 17.0. The Morgan fingerprint density at radius 2 is 1.85 bits per heavy atom. The van der Waals surface area contributed by atoms with Gasteiger partial charge in [-0.2, -0.15) is 0 Å². The molecule has 0 saturated carbocycles. The standard InChI is InChI=1S/C17H30N2O/c1-4-6-12-20-17-9-7-16(8-10-17)14-19-15(3)13-18-11-5-2/h7-10,15,18-19H,4-6,11-14H2,1-3H3. The molecule has 0 aliphatic heterocycles. The molecule has 0 heterocycles. The van der Waals surface area contributed by atoms with E-state index in [-0.39, 0.29) is 0 Å². The van der Waals surface area contributed by atoms with Crippen LogP contribution in [-0.2, 0) is 6.54 Å². The lowest BCUT2D eigenvalue weighted by Gasteiger charge is -2.14. The molecule has 1 rings (SSSR count). The topological polar surface area (TPSA) is 33.3 Å². The van der Waals surface area contributed by atoms with Crippen LogP contribution in [0.2, 0.25) is 0 Å². The summed E-state index contributed by atoms with van der Waals surface area (Å²) in [7, 11) is 0. The van der Waals surface area contributed by atoms with Crippen LogP contribution in [0.3, 0.4) is 0 Å². The first-order chi connectivity index (χ1) is 9.76. The predicted octanol–water partition coefficient (Wildman–Crippen LogP) is 3.34. The fourth-order valence-electron chi connectivity index (χ4n) is 1.90. The molecule has 1 aromatic carbocycles. The molecule has 1 aromatic rings. The molecule has 3 nitrogen and oxygen atoms in total. The second-order valence-electron chi connectivity index (χ2n) is 5.33. The highest BCUT2D eigenvalue weighted by Crippen LogP contribution is 2.12. The predicted molar refractivity (Wildman–Crippen MR) is 86.3 cm³/mol. The van der Waals surface area contributed by atoms with Crippen LogP contribution in [0.1, 0.15) is 45.6 Å². The number of hydrogen-bond acceptors (Lipinski definition) is 3. The first-order valence-corrected chi connectivity index (χ1v) is 7.92. The molecule has 0 spiro atoms. The Morgan fingerprint density at radius 1 is 1.10 bits per heavy atom. The van der Waals surface area contributed by atoms with Crippen molar-refractivity contribution in [2.24, 2.45) is 0 Å². The van der Waals surface area contributed by atoms with Crippen LogP contribution in [0.4, 0.5) is 0 Å². The Balaban J connectivity index is 2.23. The Hall–Kier alpha value is -1.06. The highest BCUT2D eigenvalue weighted by Gasteiger charge is 2.01. The molecule has 0 aliphatic rings. The summed E-state index contributed by atoms with van der Waals surface area (Å²) in [6.45, 7) is 10.4. The monoisotopic (exact) mass is 278 g/mol. The minimum Gasteiger partial charge on any atom is -0.494 e. The van der Waals surface area contributed by atoms with E-state index in [1.54, 1.807) is 0 Å². The maximum atomic E-state index is 5.66. The quantitative estimate of drug-likeness (QED) is 0.609. The van der Waals surface area contributed by atoms with Gasteiger partial charge in [-0.3, -0.25) is 0 Å². The molecule has 0 aromatic heterocycles. The van der Waals surface area contributed by atoms with Crippen LogP contribution in [0.25, 0.3) is 0 Å². The molecule has 0 fully saturated rings. The van der Waals surface area contributed by atoms with Crippen molar-refractivity contribution >= 4 is 0 Å². The van der Waals surface area contributed by atoms with Gasteiger partial charge in [0.1, 0.15) is 5.75 Å². The fourth-order valence-corrected chi connectivity index (χ4v) is 1.90. The van der Waals surface area contributed by atoms with E-state index < -0.39 is 0 Å². The van der Waals surface area contributed by atoms with Gasteiger partial charge in [-0.05, 0) is 44.0 Å². The molecule has 0 amide bonds. The third-order valence-electron chi connectivity index (χ3n) is 3.22. The van der Waals surface area contributed by atoms with Gasteiger partial charge < -0.3 is 15.4 Å². The third-order valence-corrected chi connectivity index (χ3v) is 3.22. The normalized spacial score (nSPS) is 12.3. The van der Waals surface area contributed by atoms with Crippen molar-refractivity contribution < 1.29 is 4.74 Å². The molecule has 2 N–H and O–H groups in total. The van der Waals surface area contributed by atoms with Crippen molar-refractivity contribution in [3.8, 4) is 5.75 Å². The van der Waals surface area contributed by atoms with Gasteiger partial charge in [-0.25, -0.2) is 0 Å². The minimum atomic E-state index is 0.488. The maximum absolute atomic E-state index is 5.66. The fraction of sp³-hybridized carbons (Fsp3) is 0.647. The van der Waals surface area contributed by atoms with Gasteiger partial charge in [0.25, 0.3) is 0 Å². The zero-order valence-electron chi connectivity index (χ0n) is 13.2. The molecule has 1 unspecified atom stereocenters. The second kappa shape index (κ2) is 10.7. The van der Waals surface area contributed by atoms with Crippen LogP contribution < -0.4 is 15.4 Å². The Labute approximate surface area is 124 Å². The number of rotatable bonds is 11. The van der Waals surface area contributed by atoms with Gasteiger partial charge in [0, 0.05) is 19.1 Å². The average Bonchev–Trinajstić information content (AvgIpc) is 2.47. The summed E-state index contributed by atoms with van der Waals surface area (Å²) in [5.41, 5.74) is 1.30. The summed E-state index contributed by atoms with van der Waals surface area (Å²) < 4.78 is 5.66. The number of hydrogen-bond donors (Lipinski definition) is 2. The van der Waals surface area contributed by atoms with Gasteiger partial charge in [0.15, 0.2) is 0 Å². The van der Waals surface area contributed by atoms with Gasteiger partial charge in [-0.15, -0.1) is 0 Å². The van der Waals surface area contributed by atoms with Crippen LogP contribution in [0.5, 0.6) is 5.75 Å². The van der Waals surface area contributed by atoms with E-state index in [1.165, 1.54) is 18.4 Å². The highest BCUT2D eigenvalue weighted by atomic mass is 16.5. The van der Waals surface area contributed by atoms with E-state index in [0.29, 0.717) is 6.04 Å². The summed E-state index contributed by atoms with van der Waals surface area (Å²) in [4.78, 5) is 0. The molecular weight excluding hydrogens is 248 g/mol. The zero-order chi connectivity index (χ0) is 14.6. The summed E-state index contributed by atoms with van der Waals surface area (Å²) in [5, 5.41) is 6.95. The van der Waals surface area contributed by atoms with E-state index in [4.69, 9.17) is 4.74 Å². The lowest BCUT2D eigenvalue weighted by molar-refractivity contribution is 0.309. The molecule has 0 saturated heterocycles. The average molecular weight is 278 g/mol. The van der Waals surface area contributed by atoms with Crippen LogP contribution >= 0.6 is 0 Å². The Kier molecular flexibility index (Phi) is 9.09. The second-order valence-corrected chi connectivity index (χ2v) is 5.33. The van der Waals surface area contributed by atoms with Gasteiger partial charge in [0.2, 0.25) is 0 Å². The Morgan fingerprint density at radius 3 is 2.50 bits per heavy atom. The summed E-state index contributed by atoms with van der Waals surface area (Å²) in [6.07, 6.45) is 3.48. The smallest absolute Gasteiger partial charge is 0.119 e. The lowest BCUT2D eigenvalue weighted by Crippen LogP contribution is -2.36. The van der Waals surface area contributed by atoms with Crippen molar-refractivity contribution in [1.29, 1.82) is 0 Å². The van der Waals surface area contributed by atoms with E-state index in [0.717, 1.165) is 38.4 Å². The number of nitrogens with one attached hydrogen (secondary N) is 2. The molecule has 0 bridgehead atoms. The number of ether oxygens (including phenoxy) is 1. The molecule has 20 heavy (non-hydrogen) atoms. The molecule has 114 valence electrons. The zero-order valence-corrected chi connectivity index (χ0v) is 13.2. The first-order valence-electron chi connectivity index (χ1n) is 7.92. The summed E-state index contributed by atoms with van der Waals surface area (Å²) >= 11 is 0. The van der Waals surface area contributed by atoms with Crippen molar-refractivity contribution in [2.75, 3.05) is 19.7 Å². The van der Waals surface area contributed by atoms with Crippen LogP contribution in [-0.4, -0.2) is 25.7 Å². The summed E-state index contributed by atoms with van der Waals surface area (Å²) in [6, 6.07) is 8.89. The SMILES string of the molecule is CCCCOc1ccc(CNC(C)CNCCC)cc1. The van der Waals surface area contributed by atoms with Crippen molar-refractivity contribution in [3.63, 3.8) is 0 Å². The van der Waals surface area contributed by atoms with Gasteiger partial charge >= 0.3 is 0 Å². The molecule has 0 aliphatic carbocycles. The molecule has 0 radical (unpaired) electrons. The van der Waals surface area contributed by atoms with E-state index >= 15 is 0 Å². The third kappa shape index (κ3) is 7.51.